The van der Waals surface area contributed by atoms with Crippen LogP contribution in [0.2, 0.25) is 0 Å². The minimum Gasteiger partial charge on any atom is -0.454 e. The smallest absolute Gasteiger partial charge is 0.231 e. The van der Waals surface area contributed by atoms with E-state index in [4.69, 9.17) is 15.2 Å². The van der Waals surface area contributed by atoms with Crippen molar-refractivity contribution in [3.8, 4) is 11.5 Å². The SMILES string of the molecule is CN(C(N)=NCc1cc(Br)c2c(c1)OCO2)C1CC1.I. The average Bonchev–Trinajstić information content (AvgIpc) is 3.13. The Bertz CT molecular complexity index is 535. The van der Waals surface area contributed by atoms with Gasteiger partial charge in [0.15, 0.2) is 17.5 Å². The Kier molecular flexibility index (Phi) is 5.00. The molecule has 7 heteroatoms. The molecule has 0 saturated heterocycles. The van der Waals surface area contributed by atoms with Gasteiger partial charge in [0.2, 0.25) is 6.79 Å². The molecule has 1 aromatic carbocycles. The largest absolute Gasteiger partial charge is 0.454 e. The van der Waals surface area contributed by atoms with Crippen LogP contribution in [0.5, 0.6) is 11.5 Å². The van der Waals surface area contributed by atoms with Crippen LogP contribution in [0.15, 0.2) is 21.6 Å². The maximum absolute atomic E-state index is 5.97. The predicted molar refractivity (Wildman–Crippen MR) is 91.8 cm³/mol. The van der Waals surface area contributed by atoms with E-state index in [0.29, 0.717) is 18.5 Å². The lowest BCUT2D eigenvalue weighted by atomic mass is 10.2. The number of ether oxygens (including phenoxy) is 2. The van der Waals surface area contributed by atoms with Gasteiger partial charge < -0.3 is 20.1 Å². The maximum Gasteiger partial charge on any atom is 0.231 e. The van der Waals surface area contributed by atoms with E-state index in [1.165, 1.54) is 12.8 Å². The van der Waals surface area contributed by atoms with Gasteiger partial charge in [-0.05, 0) is 46.5 Å². The molecule has 1 fully saturated rings. The molecular formula is C13H17BrIN3O2. The number of guanidine groups is 1. The fourth-order valence-corrected chi connectivity index (χ4v) is 2.65. The van der Waals surface area contributed by atoms with Gasteiger partial charge in [-0.2, -0.15) is 0 Å². The molecule has 0 unspecified atom stereocenters. The standard InChI is InChI=1S/C13H16BrN3O2.HI/c1-17(9-2-3-9)13(15)16-6-8-4-10(14)12-11(5-8)18-7-19-12;/h4-5,9H,2-3,6-7H2,1H3,(H2,15,16);1H. The summed E-state index contributed by atoms with van der Waals surface area (Å²) in [6.07, 6.45) is 2.42. The molecule has 20 heavy (non-hydrogen) atoms. The first-order valence-corrected chi connectivity index (χ1v) is 7.05. The molecule has 0 aromatic heterocycles. The highest BCUT2D eigenvalue weighted by Gasteiger charge is 2.27. The Balaban J connectivity index is 0.00000147. The highest BCUT2D eigenvalue weighted by molar-refractivity contribution is 14.0. The predicted octanol–water partition coefficient (Wildman–Crippen LogP) is 2.70. The highest BCUT2D eigenvalue weighted by Crippen LogP contribution is 2.40. The average molecular weight is 454 g/mol. The summed E-state index contributed by atoms with van der Waals surface area (Å²) < 4.78 is 11.6. The van der Waals surface area contributed by atoms with Crippen LogP contribution in [-0.2, 0) is 6.54 Å². The molecule has 1 aromatic rings. The molecule has 3 rings (SSSR count). The highest BCUT2D eigenvalue weighted by atomic mass is 127. The first-order chi connectivity index (χ1) is 9.15. The Hall–Kier alpha value is -0.700. The van der Waals surface area contributed by atoms with E-state index in [1.54, 1.807) is 0 Å². The van der Waals surface area contributed by atoms with E-state index in [1.807, 2.05) is 24.1 Å². The lowest BCUT2D eigenvalue weighted by molar-refractivity contribution is 0.173. The maximum atomic E-state index is 5.97. The van der Waals surface area contributed by atoms with Crippen molar-refractivity contribution in [2.75, 3.05) is 13.8 Å². The first kappa shape index (κ1) is 15.7. The van der Waals surface area contributed by atoms with Crippen molar-refractivity contribution in [3.63, 3.8) is 0 Å². The van der Waals surface area contributed by atoms with Crippen LogP contribution in [0.25, 0.3) is 0 Å². The van der Waals surface area contributed by atoms with Crippen molar-refractivity contribution in [1.82, 2.24) is 4.90 Å². The molecule has 5 nitrogen and oxygen atoms in total. The van der Waals surface area contributed by atoms with Crippen LogP contribution in [0.1, 0.15) is 18.4 Å². The fraction of sp³-hybridized carbons (Fsp3) is 0.462. The summed E-state index contributed by atoms with van der Waals surface area (Å²) in [4.78, 5) is 6.47. The summed E-state index contributed by atoms with van der Waals surface area (Å²) in [5, 5.41) is 0. The molecule has 0 spiro atoms. The number of aliphatic imine (C=N–C) groups is 1. The molecule has 1 aliphatic heterocycles. The van der Waals surface area contributed by atoms with Crippen LogP contribution in [0.3, 0.4) is 0 Å². The zero-order valence-electron chi connectivity index (χ0n) is 11.1. The summed E-state index contributed by atoms with van der Waals surface area (Å²) in [6.45, 7) is 0.811. The minimum atomic E-state index is 0. The van der Waals surface area contributed by atoms with Gasteiger partial charge in [0.05, 0.1) is 11.0 Å². The van der Waals surface area contributed by atoms with E-state index in [9.17, 15) is 0 Å². The van der Waals surface area contributed by atoms with Crippen molar-refractivity contribution in [2.24, 2.45) is 10.7 Å². The number of fused-ring (bicyclic) bond motifs is 1. The molecule has 1 aliphatic carbocycles. The summed E-state index contributed by atoms with van der Waals surface area (Å²) in [5.74, 6) is 2.11. The summed E-state index contributed by atoms with van der Waals surface area (Å²) in [6, 6.07) is 4.51. The third kappa shape index (κ3) is 3.30. The topological polar surface area (TPSA) is 60.1 Å². The fourth-order valence-electron chi connectivity index (χ4n) is 2.04. The Morgan fingerprint density at radius 1 is 1.45 bits per heavy atom. The molecule has 2 N–H and O–H groups in total. The second-order valence-electron chi connectivity index (χ2n) is 4.83. The second-order valence-corrected chi connectivity index (χ2v) is 5.68. The number of rotatable bonds is 3. The zero-order chi connectivity index (χ0) is 13.4. The molecular weight excluding hydrogens is 437 g/mol. The third-order valence-electron chi connectivity index (χ3n) is 3.37. The molecule has 0 atom stereocenters. The normalized spacial score (nSPS) is 16.8. The number of halogens is 2. The summed E-state index contributed by atoms with van der Waals surface area (Å²) >= 11 is 3.47. The second kappa shape index (κ2) is 6.38. The summed E-state index contributed by atoms with van der Waals surface area (Å²) in [5.41, 5.74) is 7.01. The van der Waals surface area contributed by atoms with Crippen molar-refractivity contribution in [1.29, 1.82) is 0 Å². The lowest BCUT2D eigenvalue weighted by Crippen LogP contribution is -2.35. The number of nitrogens with zero attached hydrogens (tertiary/aromatic N) is 2. The van der Waals surface area contributed by atoms with Gasteiger partial charge in [-0.3, -0.25) is 0 Å². The van der Waals surface area contributed by atoms with Crippen LogP contribution in [0, 0.1) is 0 Å². The molecule has 110 valence electrons. The Morgan fingerprint density at radius 2 is 2.20 bits per heavy atom. The number of hydrogen-bond acceptors (Lipinski definition) is 3. The third-order valence-corrected chi connectivity index (χ3v) is 3.96. The monoisotopic (exact) mass is 453 g/mol. The molecule has 1 heterocycles. The van der Waals surface area contributed by atoms with Crippen molar-refractivity contribution in [3.05, 3.63) is 22.2 Å². The zero-order valence-corrected chi connectivity index (χ0v) is 15.1. The molecule has 1 saturated carbocycles. The van der Waals surface area contributed by atoms with E-state index in [2.05, 4.69) is 20.9 Å². The van der Waals surface area contributed by atoms with E-state index >= 15 is 0 Å². The van der Waals surface area contributed by atoms with Crippen LogP contribution < -0.4 is 15.2 Å². The number of hydrogen-bond donors (Lipinski definition) is 1. The lowest BCUT2D eigenvalue weighted by Gasteiger charge is -2.16. The number of benzene rings is 1. The van der Waals surface area contributed by atoms with Gasteiger partial charge in [-0.15, -0.1) is 24.0 Å². The minimum absolute atomic E-state index is 0. The van der Waals surface area contributed by atoms with Gasteiger partial charge in [0, 0.05) is 13.1 Å². The molecule has 2 aliphatic rings. The van der Waals surface area contributed by atoms with Gasteiger partial charge in [0.25, 0.3) is 0 Å². The van der Waals surface area contributed by atoms with Gasteiger partial charge in [-0.25, -0.2) is 4.99 Å². The van der Waals surface area contributed by atoms with E-state index in [-0.39, 0.29) is 30.8 Å². The Labute approximate surface area is 143 Å². The van der Waals surface area contributed by atoms with Gasteiger partial charge in [0.1, 0.15) is 0 Å². The quantitative estimate of drug-likeness (QED) is 0.434. The van der Waals surface area contributed by atoms with Crippen molar-refractivity contribution in [2.45, 2.75) is 25.4 Å². The van der Waals surface area contributed by atoms with E-state index < -0.39 is 0 Å². The summed E-state index contributed by atoms with van der Waals surface area (Å²) in [7, 11) is 1.99. The van der Waals surface area contributed by atoms with Crippen molar-refractivity contribution >= 4 is 45.9 Å². The first-order valence-electron chi connectivity index (χ1n) is 6.26. The van der Waals surface area contributed by atoms with E-state index in [0.717, 1.165) is 21.5 Å². The number of nitrogens with two attached hydrogens (primary N) is 1. The molecule has 0 bridgehead atoms. The van der Waals surface area contributed by atoms with Crippen molar-refractivity contribution < 1.29 is 9.47 Å². The van der Waals surface area contributed by atoms with Gasteiger partial charge >= 0.3 is 0 Å². The molecule has 0 radical (unpaired) electrons. The van der Waals surface area contributed by atoms with Gasteiger partial charge in [-0.1, -0.05) is 0 Å². The van der Waals surface area contributed by atoms with Crippen LogP contribution in [-0.4, -0.2) is 30.7 Å². The Morgan fingerprint density at radius 3 is 2.90 bits per heavy atom. The van der Waals surface area contributed by atoms with Crippen LogP contribution in [0.4, 0.5) is 0 Å². The molecule has 0 amide bonds. The van der Waals surface area contributed by atoms with Crippen LogP contribution >= 0.6 is 39.9 Å².